The highest BCUT2D eigenvalue weighted by Crippen LogP contribution is 2.40. The molecule has 1 aliphatic rings. The molecule has 2 atom stereocenters. The second-order valence-corrected chi connectivity index (χ2v) is 5.79. The molecule has 134 valence electrons. The van der Waals surface area contributed by atoms with E-state index in [9.17, 15) is 31.1 Å². The molecule has 1 saturated heterocycles. The van der Waals surface area contributed by atoms with Gasteiger partial charge in [-0.2, -0.15) is 26.3 Å². The summed E-state index contributed by atoms with van der Waals surface area (Å²) in [5, 5.41) is 8.96. The average Bonchev–Trinajstić information content (AvgIpc) is 2.94. The first kappa shape index (κ1) is 18.6. The van der Waals surface area contributed by atoms with Crippen LogP contribution < -0.4 is 0 Å². The van der Waals surface area contributed by atoms with Crippen molar-refractivity contribution in [3.8, 4) is 0 Å². The predicted molar refractivity (Wildman–Crippen MR) is 72.2 cm³/mol. The van der Waals surface area contributed by atoms with Gasteiger partial charge in [-0.1, -0.05) is 0 Å². The first-order valence-corrected chi connectivity index (χ1v) is 7.16. The van der Waals surface area contributed by atoms with Gasteiger partial charge in [-0.05, 0) is 43.7 Å². The largest absolute Gasteiger partial charge is 0.481 e. The van der Waals surface area contributed by atoms with Crippen molar-refractivity contribution in [3.05, 3.63) is 34.9 Å². The minimum Gasteiger partial charge on any atom is -0.481 e. The summed E-state index contributed by atoms with van der Waals surface area (Å²) < 4.78 is 77.9. The normalized spacial score (nSPS) is 21.0. The molecule has 9 heteroatoms. The van der Waals surface area contributed by atoms with Gasteiger partial charge in [0.1, 0.15) is 0 Å². The Bertz CT molecular complexity index is 625. The van der Waals surface area contributed by atoms with Gasteiger partial charge < -0.3 is 5.11 Å². The second kappa shape index (κ2) is 6.27. The maximum Gasteiger partial charge on any atom is 0.416 e. The van der Waals surface area contributed by atoms with Crippen LogP contribution in [-0.2, 0) is 17.1 Å². The van der Waals surface area contributed by atoms with E-state index in [1.165, 1.54) is 11.8 Å². The quantitative estimate of drug-likeness (QED) is 0.827. The molecule has 2 rings (SSSR count). The number of nitrogens with zero attached hydrogens (tertiary/aromatic N) is 1. The molecule has 1 fully saturated rings. The number of halogens is 6. The van der Waals surface area contributed by atoms with E-state index in [2.05, 4.69) is 0 Å². The van der Waals surface area contributed by atoms with Crippen molar-refractivity contribution >= 4 is 5.97 Å². The summed E-state index contributed by atoms with van der Waals surface area (Å²) in [7, 11) is 0. The fourth-order valence-corrected chi connectivity index (χ4v) is 2.88. The lowest BCUT2D eigenvalue weighted by atomic mass is 9.97. The van der Waals surface area contributed by atoms with Crippen LogP contribution in [0.3, 0.4) is 0 Å². The third-order valence-corrected chi connectivity index (χ3v) is 4.25. The first-order chi connectivity index (χ1) is 10.9. The minimum atomic E-state index is -4.79. The van der Waals surface area contributed by atoms with Crippen molar-refractivity contribution in [1.29, 1.82) is 0 Å². The zero-order chi connectivity index (χ0) is 18.3. The Balaban J connectivity index is 2.41. The lowest BCUT2D eigenvalue weighted by Crippen LogP contribution is -2.28. The molecule has 0 amide bonds. The molecule has 1 N–H and O–H groups in total. The predicted octanol–water partition coefficient (Wildman–Crippen LogP) is 4.19. The van der Waals surface area contributed by atoms with Gasteiger partial charge in [-0.25, -0.2) is 0 Å². The van der Waals surface area contributed by atoms with Crippen LogP contribution in [0.5, 0.6) is 0 Å². The molecule has 24 heavy (non-hydrogen) atoms. The van der Waals surface area contributed by atoms with E-state index in [1.807, 2.05) is 0 Å². The van der Waals surface area contributed by atoms with Crippen LogP contribution in [0.1, 0.15) is 36.1 Å². The van der Waals surface area contributed by atoms with Gasteiger partial charge in [0.2, 0.25) is 0 Å². The number of carbonyl (C=O) groups is 1. The Labute approximate surface area is 133 Å². The molecule has 3 nitrogen and oxygen atoms in total. The number of carboxylic acid groups (broad SMARTS) is 1. The molecule has 0 radical (unpaired) electrons. The molecule has 1 aromatic carbocycles. The van der Waals surface area contributed by atoms with E-state index < -0.39 is 47.0 Å². The van der Waals surface area contributed by atoms with Gasteiger partial charge in [-0.15, -0.1) is 0 Å². The highest BCUT2D eigenvalue weighted by Gasteiger charge is 2.40. The SMILES string of the molecule is CC(c1cc(C(F)(F)F)ccc1C(F)(F)F)N1CCC(C(=O)O)C1. The topological polar surface area (TPSA) is 40.5 Å². The van der Waals surface area contributed by atoms with Gasteiger partial charge in [-0.3, -0.25) is 9.69 Å². The molecular formula is C15H15F6NO2. The van der Waals surface area contributed by atoms with E-state index in [1.54, 1.807) is 0 Å². The standard InChI is InChI=1S/C15H15F6NO2/c1-8(22-5-4-9(7-22)13(23)24)11-6-10(14(16,17)18)2-3-12(11)15(19,20)21/h2-3,6,8-9H,4-5,7H2,1H3,(H,23,24). The first-order valence-electron chi connectivity index (χ1n) is 7.16. The van der Waals surface area contributed by atoms with E-state index >= 15 is 0 Å². The van der Waals surface area contributed by atoms with Gasteiger partial charge in [0.15, 0.2) is 0 Å². The second-order valence-electron chi connectivity index (χ2n) is 5.79. The summed E-state index contributed by atoms with van der Waals surface area (Å²) in [5.74, 6) is -1.79. The number of hydrogen-bond donors (Lipinski definition) is 1. The van der Waals surface area contributed by atoms with E-state index in [4.69, 9.17) is 5.11 Å². The third-order valence-electron chi connectivity index (χ3n) is 4.25. The summed E-state index contributed by atoms with van der Waals surface area (Å²) in [6, 6.07) is 0.359. The molecule has 0 spiro atoms. The van der Waals surface area contributed by atoms with Gasteiger partial charge in [0.25, 0.3) is 0 Å². The van der Waals surface area contributed by atoms with Crippen LogP contribution in [-0.4, -0.2) is 29.1 Å². The maximum absolute atomic E-state index is 13.1. The minimum absolute atomic E-state index is 0.00401. The van der Waals surface area contributed by atoms with Gasteiger partial charge in [0.05, 0.1) is 17.0 Å². The van der Waals surface area contributed by atoms with E-state index in [0.717, 1.165) is 0 Å². The molecule has 1 aliphatic heterocycles. The number of likely N-dealkylation sites (tertiary alicyclic amines) is 1. The van der Waals surface area contributed by atoms with E-state index in [0.29, 0.717) is 18.2 Å². The molecular weight excluding hydrogens is 340 g/mol. The molecule has 0 aliphatic carbocycles. The Morgan fingerprint density at radius 3 is 2.29 bits per heavy atom. The Hall–Kier alpha value is -1.77. The highest BCUT2D eigenvalue weighted by molar-refractivity contribution is 5.70. The van der Waals surface area contributed by atoms with Crippen molar-refractivity contribution in [2.75, 3.05) is 13.1 Å². The number of benzene rings is 1. The summed E-state index contributed by atoms with van der Waals surface area (Å²) in [6.45, 7) is 1.57. The lowest BCUT2D eigenvalue weighted by Gasteiger charge is -2.27. The molecule has 0 aromatic heterocycles. The molecule has 0 bridgehead atoms. The molecule has 1 heterocycles. The molecule has 0 saturated carbocycles. The zero-order valence-corrected chi connectivity index (χ0v) is 12.6. The van der Waals surface area contributed by atoms with Crippen LogP contribution in [0, 0.1) is 5.92 Å². The van der Waals surface area contributed by atoms with Crippen molar-refractivity contribution in [2.24, 2.45) is 5.92 Å². The monoisotopic (exact) mass is 355 g/mol. The fraction of sp³-hybridized carbons (Fsp3) is 0.533. The summed E-state index contributed by atoms with van der Waals surface area (Å²) >= 11 is 0. The third kappa shape index (κ3) is 3.82. The van der Waals surface area contributed by atoms with Crippen molar-refractivity contribution in [1.82, 2.24) is 4.90 Å². The number of carboxylic acids is 1. The zero-order valence-electron chi connectivity index (χ0n) is 12.6. The molecule has 2 unspecified atom stereocenters. The van der Waals surface area contributed by atoms with Gasteiger partial charge >= 0.3 is 18.3 Å². The summed E-state index contributed by atoms with van der Waals surface area (Å²) in [5.41, 5.74) is -2.79. The summed E-state index contributed by atoms with van der Waals surface area (Å²) in [4.78, 5) is 12.4. The molecule has 1 aromatic rings. The Morgan fingerprint density at radius 2 is 1.83 bits per heavy atom. The van der Waals surface area contributed by atoms with Crippen LogP contribution in [0.4, 0.5) is 26.3 Å². The van der Waals surface area contributed by atoms with Crippen molar-refractivity contribution in [3.63, 3.8) is 0 Å². The van der Waals surface area contributed by atoms with Crippen molar-refractivity contribution in [2.45, 2.75) is 31.7 Å². The number of aliphatic carboxylic acids is 1. The lowest BCUT2D eigenvalue weighted by molar-refractivity contribution is -0.142. The summed E-state index contributed by atoms with van der Waals surface area (Å²) in [6.07, 6.45) is -9.30. The van der Waals surface area contributed by atoms with Gasteiger partial charge in [0, 0.05) is 12.6 Å². The maximum atomic E-state index is 13.1. The van der Waals surface area contributed by atoms with Crippen LogP contribution in [0.2, 0.25) is 0 Å². The smallest absolute Gasteiger partial charge is 0.416 e. The van der Waals surface area contributed by atoms with Crippen molar-refractivity contribution < 1.29 is 36.2 Å². The number of alkyl halides is 6. The van der Waals surface area contributed by atoms with E-state index in [-0.39, 0.29) is 19.5 Å². The van der Waals surface area contributed by atoms with Crippen LogP contribution in [0.25, 0.3) is 0 Å². The average molecular weight is 355 g/mol. The highest BCUT2D eigenvalue weighted by atomic mass is 19.4. The van der Waals surface area contributed by atoms with Crippen LogP contribution in [0.15, 0.2) is 18.2 Å². The Morgan fingerprint density at radius 1 is 1.21 bits per heavy atom. The Kier molecular flexibility index (Phi) is 4.85. The fourth-order valence-electron chi connectivity index (χ4n) is 2.88. The number of hydrogen-bond acceptors (Lipinski definition) is 2. The number of rotatable bonds is 3. The van der Waals surface area contributed by atoms with Crippen LogP contribution >= 0.6 is 0 Å².